The molecule has 28 heavy (non-hydrogen) atoms. The molecule has 3 heterocycles. The van der Waals surface area contributed by atoms with Crippen LogP contribution < -0.4 is 4.90 Å². The number of carbonyl (C=O) groups is 1. The predicted octanol–water partition coefficient (Wildman–Crippen LogP) is 3.77. The van der Waals surface area contributed by atoms with Crippen LogP contribution in [0.2, 0.25) is 0 Å². The van der Waals surface area contributed by atoms with E-state index in [0.29, 0.717) is 24.0 Å². The highest BCUT2D eigenvalue weighted by atomic mass is 16.5. The number of aromatic carboxylic acids is 1. The van der Waals surface area contributed by atoms with Crippen molar-refractivity contribution in [2.75, 3.05) is 31.7 Å². The van der Waals surface area contributed by atoms with E-state index >= 15 is 0 Å². The van der Waals surface area contributed by atoms with Crippen LogP contribution in [0.5, 0.6) is 0 Å². The van der Waals surface area contributed by atoms with Crippen LogP contribution in [0.1, 0.15) is 62.6 Å². The maximum Gasteiger partial charge on any atom is 0.354 e. The van der Waals surface area contributed by atoms with Gasteiger partial charge in [0.1, 0.15) is 0 Å². The summed E-state index contributed by atoms with van der Waals surface area (Å²) in [6, 6.07) is 1.73. The zero-order chi connectivity index (χ0) is 20.4. The lowest BCUT2D eigenvalue weighted by atomic mass is 9.96. The van der Waals surface area contributed by atoms with Crippen LogP contribution >= 0.6 is 0 Å². The molecular formula is C21H32N4O3. The van der Waals surface area contributed by atoms with Gasteiger partial charge in [0.05, 0.1) is 16.8 Å². The van der Waals surface area contributed by atoms with E-state index in [-0.39, 0.29) is 11.6 Å². The second kappa shape index (κ2) is 8.47. The number of rotatable bonds is 7. The van der Waals surface area contributed by atoms with E-state index in [1.54, 1.807) is 13.2 Å². The number of piperidine rings is 1. The Morgan fingerprint density at radius 2 is 1.96 bits per heavy atom. The predicted molar refractivity (Wildman–Crippen MR) is 110 cm³/mol. The summed E-state index contributed by atoms with van der Waals surface area (Å²) >= 11 is 0. The molecule has 154 valence electrons. The molecule has 0 aromatic carbocycles. The van der Waals surface area contributed by atoms with Crippen LogP contribution in [0.25, 0.3) is 11.0 Å². The van der Waals surface area contributed by atoms with Gasteiger partial charge in [0.2, 0.25) is 0 Å². The number of fused-ring (bicyclic) bond motifs is 1. The quantitative estimate of drug-likeness (QED) is 0.778. The summed E-state index contributed by atoms with van der Waals surface area (Å²) < 4.78 is 7.21. The summed E-state index contributed by atoms with van der Waals surface area (Å²) in [5.41, 5.74) is 2.72. The number of hydrogen-bond donors (Lipinski definition) is 1. The number of pyridine rings is 1. The van der Waals surface area contributed by atoms with Crippen molar-refractivity contribution in [2.45, 2.75) is 53.0 Å². The van der Waals surface area contributed by atoms with E-state index < -0.39 is 5.97 Å². The molecule has 0 atom stereocenters. The Labute approximate surface area is 166 Å². The van der Waals surface area contributed by atoms with Crippen molar-refractivity contribution >= 4 is 22.7 Å². The Morgan fingerprint density at radius 3 is 2.50 bits per heavy atom. The molecule has 3 rings (SSSR count). The molecule has 0 bridgehead atoms. The molecule has 2 aromatic heterocycles. The molecule has 0 spiro atoms. The maximum atomic E-state index is 11.8. The average molecular weight is 389 g/mol. The molecule has 2 aromatic rings. The lowest BCUT2D eigenvalue weighted by Gasteiger charge is -2.34. The number of carboxylic acids is 1. The van der Waals surface area contributed by atoms with Crippen LogP contribution in [0.3, 0.4) is 0 Å². The molecule has 1 N–H and O–H groups in total. The molecule has 7 nitrogen and oxygen atoms in total. The van der Waals surface area contributed by atoms with Crippen molar-refractivity contribution in [1.29, 1.82) is 0 Å². The highest BCUT2D eigenvalue weighted by Crippen LogP contribution is 2.35. The summed E-state index contributed by atoms with van der Waals surface area (Å²) in [5.74, 6) is 0.191. The van der Waals surface area contributed by atoms with Crippen molar-refractivity contribution in [3.63, 3.8) is 0 Å². The molecule has 0 radical (unpaired) electrons. The molecular weight excluding hydrogens is 356 g/mol. The van der Waals surface area contributed by atoms with Gasteiger partial charge in [-0.15, -0.1) is 0 Å². The minimum atomic E-state index is -0.999. The van der Waals surface area contributed by atoms with Gasteiger partial charge >= 0.3 is 5.97 Å². The highest BCUT2D eigenvalue weighted by Gasteiger charge is 2.27. The topological polar surface area (TPSA) is 80.5 Å². The van der Waals surface area contributed by atoms with Crippen LogP contribution in [0.15, 0.2) is 6.07 Å². The van der Waals surface area contributed by atoms with Crippen molar-refractivity contribution in [3.05, 3.63) is 17.5 Å². The Bertz CT molecular complexity index is 836. The van der Waals surface area contributed by atoms with Crippen LogP contribution in [0, 0.1) is 11.8 Å². The highest BCUT2D eigenvalue weighted by molar-refractivity contribution is 5.98. The second-order valence-electron chi connectivity index (χ2n) is 8.53. The van der Waals surface area contributed by atoms with Crippen molar-refractivity contribution in [3.8, 4) is 0 Å². The van der Waals surface area contributed by atoms with Crippen LogP contribution in [-0.2, 0) is 11.3 Å². The molecule has 7 heteroatoms. The van der Waals surface area contributed by atoms with E-state index in [4.69, 9.17) is 9.84 Å². The van der Waals surface area contributed by atoms with E-state index in [1.165, 1.54) is 0 Å². The third kappa shape index (κ3) is 4.14. The summed E-state index contributed by atoms with van der Waals surface area (Å²) in [5, 5.41) is 15.5. The SMILES string of the molecule is COCC1CCN(c2cc(C(=O)O)nc3c2c(C(C)C)nn3CC(C)C)CC1. The molecule has 1 aliphatic heterocycles. The van der Waals surface area contributed by atoms with E-state index in [0.717, 1.165) is 49.3 Å². The molecule has 1 aliphatic rings. The number of hydrogen-bond acceptors (Lipinski definition) is 5. The largest absolute Gasteiger partial charge is 0.477 e. The molecule has 0 unspecified atom stereocenters. The van der Waals surface area contributed by atoms with Crippen molar-refractivity contribution < 1.29 is 14.6 Å². The first-order valence-corrected chi connectivity index (χ1v) is 10.2. The first-order valence-electron chi connectivity index (χ1n) is 10.2. The fourth-order valence-electron chi connectivity index (χ4n) is 3.99. The fourth-order valence-corrected chi connectivity index (χ4v) is 3.99. The molecule has 1 saturated heterocycles. The summed E-state index contributed by atoms with van der Waals surface area (Å²) in [6.45, 7) is 11.8. The number of anilines is 1. The third-order valence-electron chi connectivity index (χ3n) is 5.37. The van der Waals surface area contributed by atoms with Gasteiger partial charge in [0, 0.05) is 33.4 Å². The average Bonchev–Trinajstić information content (AvgIpc) is 3.00. The minimum Gasteiger partial charge on any atom is -0.477 e. The first-order chi connectivity index (χ1) is 13.3. The summed E-state index contributed by atoms with van der Waals surface area (Å²) in [7, 11) is 1.75. The molecule has 0 amide bonds. The first kappa shape index (κ1) is 20.6. The zero-order valence-electron chi connectivity index (χ0n) is 17.6. The second-order valence-corrected chi connectivity index (χ2v) is 8.53. The van der Waals surface area contributed by atoms with Gasteiger partial charge < -0.3 is 14.7 Å². The van der Waals surface area contributed by atoms with Gasteiger partial charge in [-0.2, -0.15) is 5.10 Å². The minimum absolute atomic E-state index is 0.0849. The van der Waals surface area contributed by atoms with Crippen molar-refractivity contribution in [2.24, 2.45) is 11.8 Å². The van der Waals surface area contributed by atoms with Crippen LogP contribution in [-0.4, -0.2) is 52.6 Å². The Morgan fingerprint density at radius 1 is 1.29 bits per heavy atom. The number of aromatic nitrogens is 3. The maximum absolute atomic E-state index is 11.8. The van der Waals surface area contributed by atoms with Gasteiger partial charge in [0.25, 0.3) is 0 Å². The van der Waals surface area contributed by atoms with Gasteiger partial charge in [-0.25, -0.2) is 14.5 Å². The standard InChI is InChI=1S/C21H32N4O3/c1-13(2)11-25-20-18(19(23-25)14(3)4)17(10-16(22-20)21(26)27)24-8-6-15(7-9-24)12-28-5/h10,13-15H,6-9,11-12H2,1-5H3,(H,26,27). The fraction of sp³-hybridized carbons (Fsp3) is 0.667. The summed E-state index contributed by atoms with van der Waals surface area (Å²) in [4.78, 5) is 18.6. The molecule has 0 aliphatic carbocycles. The van der Waals surface area contributed by atoms with E-state index in [9.17, 15) is 9.90 Å². The molecule has 0 saturated carbocycles. The number of methoxy groups -OCH3 is 1. The zero-order valence-corrected chi connectivity index (χ0v) is 17.6. The van der Waals surface area contributed by atoms with Crippen LogP contribution in [0.4, 0.5) is 5.69 Å². The number of ether oxygens (including phenoxy) is 1. The third-order valence-corrected chi connectivity index (χ3v) is 5.37. The lowest BCUT2D eigenvalue weighted by Crippen LogP contribution is -2.35. The van der Waals surface area contributed by atoms with Gasteiger partial charge in [-0.05, 0) is 36.7 Å². The molecule has 1 fully saturated rings. The number of nitrogens with zero attached hydrogens (tertiary/aromatic N) is 4. The Kier molecular flexibility index (Phi) is 6.23. The Balaban J connectivity index is 2.12. The van der Waals surface area contributed by atoms with Gasteiger partial charge in [-0.3, -0.25) is 0 Å². The Hall–Kier alpha value is -2.15. The smallest absolute Gasteiger partial charge is 0.354 e. The van der Waals surface area contributed by atoms with E-state index in [1.807, 2.05) is 4.68 Å². The normalized spacial score (nSPS) is 15.9. The lowest BCUT2D eigenvalue weighted by molar-refractivity contribution is 0.0691. The summed E-state index contributed by atoms with van der Waals surface area (Å²) in [6.07, 6.45) is 2.08. The number of carboxylic acid groups (broad SMARTS) is 1. The van der Waals surface area contributed by atoms with Crippen molar-refractivity contribution in [1.82, 2.24) is 14.8 Å². The van der Waals surface area contributed by atoms with Gasteiger partial charge in [0.15, 0.2) is 11.3 Å². The van der Waals surface area contributed by atoms with E-state index in [2.05, 4.69) is 37.6 Å². The van der Waals surface area contributed by atoms with Gasteiger partial charge in [-0.1, -0.05) is 27.7 Å². The monoisotopic (exact) mass is 388 g/mol.